The Kier molecular flexibility index (Phi) is 5.78. The van der Waals surface area contributed by atoms with E-state index in [-0.39, 0.29) is 16.7 Å². The summed E-state index contributed by atoms with van der Waals surface area (Å²) >= 11 is 0. The van der Waals surface area contributed by atoms with Crippen molar-refractivity contribution >= 4 is 5.69 Å². The van der Waals surface area contributed by atoms with Gasteiger partial charge in [0.05, 0.1) is 11.5 Å². The Morgan fingerprint density at radius 3 is 2.62 bits per heavy atom. The molecule has 1 fully saturated rings. The predicted molar refractivity (Wildman–Crippen MR) is 116 cm³/mol. The van der Waals surface area contributed by atoms with Crippen molar-refractivity contribution in [2.45, 2.75) is 39.2 Å². The number of aryl methyl sites for hydroxylation is 1. The molecule has 0 spiro atoms. The number of hydrogen-bond acceptors (Lipinski definition) is 4. The Morgan fingerprint density at radius 2 is 2.00 bits per heavy atom. The van der Waals surface area contributed by atoms with E-state index < -0.39 is 5.41 Å². The third-order valence-electron chi connectivity index (χ3n) is 5.72. The minimum Gasteiger partial charge on any atom is -0.469 e. The van der Waals surface area contributed by atoms with Gasteiger partial charge < -0.3 is 9.64 Å². The number of nitro groups is 1. The van der Waals surface area contributed by atoms with E-state index in [1.165, 1.54) is 0 Å². The van der Waals surface area contributed by atoms with Crippen LogP contribution in [0.5, 0.6) is 0 Å². The molecule has 1 saturated heterocycles. The molecule has 1 aliphatic heterocycles. The van der Waals surface area contributed by atoms with Crippen LogP contribution in [0.1, 0.15) is 43.6 Å². The van der Waals surface area contributed by atoms with Crippen LogP contribution in [0.3, 0.4) is 0 Å². The number of ether oxygens (including phenoxy) is 1. The molecule has 1 unspecified atom stereocenters. The monoisotopic (exact) mass is 392 g/mol. The molecule has 2 aromatic rings. The lowest BCUT2D eigenvalue weighted by atomic mass is 9.76. The van der Waals surface area contributed by atoms with Gasteiger partial charge in [0.1, 0.15) is 6.10 Å². The van der Waals surface area contributed by atoms with Gasteiger partial charge in [0.2, 0.25) is 0 Å². The third-order valence-corrected chi connectivity index (χ3v) is 5.72. The molecular weight excluding hydrogens is 364 g/mol. The number of rotatable bonds is 6. The van der Waals surface area contributed by atoms with Crippen molar-refractivity contribution < 1.29 is 9.66 Å². The molecule has 0 aromatic heterocycles. The molecule has 5 heteroatoms. The average Bonchev–Trinajstić information content (AvgIpc) is 3.11. The lowest BCUT2D eigenvalue weighted by Gasteiger charge is -2.28. The van der Waals surface area contributed by atoms with Crippen molar-refractivity contribution in [2.24, 2.45) is 0 Å². The first-order valence-electron chi connectivity index (χ1n) is 9.87. The summed E-state index contributed by atoms with van der Waals surface area (Å²) in [6.07, 6.45) is 1.96. The lowest BCUT2D eigenvalue weighted by molar-refractivity contribution is -0.385. The highest BCUT2D eigenvalue weighted by atomic mass is 16.6. The van der Waals surface area contributed by atoms with E-state index in [1.807, 2.05) is 45.0 Å². The topological polar surface area (TPSA) is 55.6 Å². The minimum atomic E-state index is -0.475. The summed E-state index contributed by atoms with van der Waals surface area (Å²) in [4.78, 5) is 13.1. The van der Waals surface area contributed by atoms with Crippen molar-refractivity contribution in [2.75, 3.05) is 13.1 Å². The smallest absolute Gasteiger partial charge is 0.269 e. The van der Waals surface area contributed by atoms with Crippen LogP contribution in [-0.2, 0) is 10.2 Å². The number of allylic oxidation sites excluding steroid dienone is 2. The molecule has 0 amide bonds. The van der Waals surface area contributed by atoms with E-state index in [2.05, 4.69) is 30.5 Å². The fourth-order valence-electron chi connectivity index (χ4n) is 3.70. The molecule has 1 heterocycles. The van der Waals surface area contributed by atoms with Gasteiger partial charge in [0.25, 0.3) is 5.69 Å². The molecule has 1 atom stereocenters. The fraction of sp³-hybridized carbons (Fsp3) is 0.333. The molecule has 0 bridgehead atoms. The van der Waals surface area contributed by atoms with Crippen molar-refractivity contribution in [3.63, 3.8) is 0 Å². The number of nitrogens with zero attached hydrogens (tertiary/aromatic N) is 2. The maximum Gasteiger partial charge on any atom is 0.269 e. The van der Waals surface area contributed by atoms with Gasteiger partial charge in [0.15, 0.2) is 5.88 Å². The van der Waals surface area contributed by atoms with Gasteiger partial charge in [-0.3, -0.25) is 10.1 Å². The van der Waals surface area contributed by atoms with Crippen LogP contribution in [0.15, 0.2) is 72.6 Å². The molecule has 152 valence electrons. The van der Waals surface area contributed by atoms with Gasteiger partial charge in [0, 0.05) is 30.2 Å². The summed E-state index contributed by atoms with van der Waals surface area (Å²) in [6, 6.07) is 15.2. The van der Waals surface area contributed by atoms with Crippen molar-refractivity contribution in [1.82, 2.24) is 4.90 Å². The van der Waals surface area contributed by atoms with Crippen LogP contribution in [0.4, 0.5) is 5.69 Å². The van der Waals surface area contributed by atoms with E-state index in [0.717, 1.165) is 41.2 Å². The van der Waals surface area contributed by atoms with E-state index in [9.17, 15) is 10.1 Å². The average molecular weight is 392 g/mol. The second-order valence-electron chi connectivity index (χ2n) is 7.94. The second kappa shape index (κ2) is 8.11. The summed E-state index contributed by atoms with van der Waals surface area (Å²) in [5, 5.41) is 11.2. The van der Waals surface area contributed by atoms with E-state index >= 15 is 0 Å². The Bertz CT molecular complexity index is 948. The minimum absolute atomic E-state index is 0.0159. The molecule has 29 heavy (non-hydrogen) atoms. The van der Waals surface area contributed by atoms with Crippen LogP contribution in [0.2, 0.25) is 0 Å². The van der Waals surface area contributed by atoms with Gasteiger partial charge >= 0.3 is 0 Å². The standard InChI is InChI=1S/C24H28N2O3/c1-6-25-16-22(19-10-8-7-9-11-19)29-23(25)14-18(3)24(4,5)21-15-20(26(27)28)13-12-17(21)2/h7-15,22H,3,6,16H2,1-2,4-5H3/b23-14-. The zero-order valence-electron chi connectivity index (χ0n) is 17.5. The summed E-state index contributed by atoms with van der Waals surface area (Å²) in [5.41, 5.74) is 3.51. The van der Waals surface area contributed by atoms with Crippen molar-refractivity contribution in [3.8, 4) is 0 Å². The Hall–Kier alpha value is -3.08. The highest BCUT2D eigenvalue weighted by Crippen LogP contribution is 2.38. The zero-order chi connectivity index (χ0) is 21.2. The number of nitro benzene ring substituents is 1. The Morgan fingerprint density at radius 1 is 1.31 bits per heavy atom. The highest BCUT2D eigenvalue weighted by molar-refractivity contribution is 5.48. The van der Waals surface area contributed by atoms with Crippen LogP contribution in [0.25, 0.3) is 0 Å². The molecule has 0 N–H and O–H groups in total. The normalized spacial score (nSPS) is 18.0. The molecule has 0 aliphatic carbocycles. The second-order valence-corrected chi connectivity index (χ2v) is 7.94. The molecule has 3 rings (SSSR count). The summed E-state index contributed by atoms with van der Waals surface area (Å²) in [6.45, 7) is 14.1. The molecule has 5 nitrogen and oxygen atoms in total. The Labute approximate surface area is 172 Å². The Balaban J connectivity index is 1.90. The number of benzene rings is 2. The van der Waals surface area contributed by atoms with Crippen LogP contribution in [-0.4, -0.2) is 22.9 Å². The van der Waals surface area contributed by atoms with Crippen LogP contribution in [0, 0.1) is 17.0 Å². The predicted octanol–water partition coefficient (Wildman–Crippen LogP) is 5.67. The maximum absolute atomic E-state index is 11.2. The lowest BCUT2D eigenvalue weighted by Crippen LogP contribution is -2.23. The first-order valence-corrected chi connectivity index (χ1v) is 9.87. The summed E-state index contributed by atoms with van der Waals surface area (Å²) in [7, 11) is 0. The maximum atomic E-state index is 11.2. The molecule has 0 saturated carbocycles. The van der Waals surface area contributed by atoms with Crippen LogP contribution >= 0.6 is 0 Å². The van der Waals surface area contributed by atoms with E-state index in [0.29, 0.717) is 0 Å². The third kappa shape index (κ3) is 4.19. The first kappa shape index (κ1) is 20.6. The van der Waals surface area contributed by atoms with Gasteiger partial charge in [-0.25, -0.2) is 0 Å². The highest BCUT2D eigenvalue weighted by Gasteiger charge is 2.31. The summed E-state index contributed by atoms with van der Waals surface area (Å²) < 4.78 is 6.26. The number of hydrogen-bond donors (Lipinski definition) is 0. The van der Waals surface area contributed by atoms with E-state index in [4.69, 9.17) is 4.74 Å². The fourth-order valence-corrected chi connectivity index (χ4v) is 3.70. The quantitative estimate of drug-likeness (QED) is 0.469. The largest absolute Gasteiger partial charge is 0.469 e. The molecule has 1 aliphatic rings. The van der Waals surface area contributed by atoms with Gasteiger partial charge in [-0.05, 0) is 36.1 Å². The van der Waals surface area contributed by atoms with Gasteiger partial charge in [-0.15, -0.1) is 0 Å². The first-order chi connectivity index (χ1) is 13.7. The molecule has 2 aromatic carbocycles. The van der Waals surface area contributed by atoms with Crippen molar-refractivity contribution in [1.29, 1.82) is 0 Å². The molecule has 0 radical (unpaired) electrons. The van der Waals surface area contributed by atoms with Gasteiger partial charge in [-0.1, -0.05) is 56.8 Å². The zero-order valence-corrected chi connectivity index (χ0v) is 17.5. The SMILES string of the molecule is C=C(/C=C1\OC(c2ccccc2)CN1CC)C(C)(C)c1cc([N+](=O)[O-])ccc1C. The van der Waals surface area contributed by atoms with Crippen molar-refractivity contribution in [3.05, 3.63) is 99.4 Å². The summed E-state index contributed by atoms with van der Waals surface area (Å²) in [5.74, 6) is 0.794. The number of non-ortho nitro benzene ring substituents is 1. The van der Waals surface area contributed by atoms with E-state index in [1.54, 1.807) is 18.2 Å². The molecular formula is C24H28N2O3. The van der Waals surface area contributed by atoms with Gasteiger partial charge in [-0.2, -0.15) is 0 Å². The number of likely N-dealkylation sites (N-methyl/N-ethyl adjacent to an activating group) is 1. The van der Waals surface area contributed by atoms with Crippen LogP contribution < -0.4 is 0 Å².